The molecule has 0 saturated carbocycles. The molecule has 2 nitrogen and oxygen atoms in total. The van der Waals surface area contributed by atoms with Crippen molar-refractivity contribution in [3.8, 4) is 0 Å². The number of rotatable bonds is 7. The van der Waals surface area contributed by atoms with E-state index < -0.39 is 0 Å². The molecular formula is C11H25NO. The first-order valence-corrected chi connectivity index (χ1v) is 5.41. The van der Waals surface area contributed by atoms with Crippen LogP contribution in [0.5, 0.6) is 0 Å². The van der Waals surface area contributed by atoms with E-state index in [1.165, 1.54) is 0 Å². The minimum atomic E-state index is -0.166. The third kappa shape index (κ3) is 9.84. The first-order chi connectivity index (χ1) is 6.02. The zero-order valence-corrected chi connectivity index (χ0v) is 9.51. The molecule has 0 aromatic heterocycles. The number of aliphatic hydroxyl groups excluding tert-OH is 1. The fraction of sp³-hybridized carbons (Fsp3) is 1.00. The van der Waals surface area contributed by atoms with Crippen molar-refractivity contribution in [2.75, 3.05) is 13.1 Å². The minimum absolute atomic E-state index is 0.166. The molecule has 0 radical (unpaired) electrons. The molecule has 0 aromatic carbocycles. The number of hydrogen-bond acceptors (Lipinski definition) is 2. The predicted molar refractivity (Wildman–Crippen MR) is 57.8 cm³/mol. The molecule has 0 bridgehead atoms. The van der Waals surface area contributed by atoms with Crippen LogP contribution in [-0.2, 0) is 0 Å². The van der Waals surface area contributed by atoms with Crippen molar-refractivity contribution < 1.29 is 5.11 Å². The molecular weight excluding hydrogens is 162 g/mol. The Morgan fingerprint density at radius 1 is 0.923 bits per heavy atom. The van der Waals surface area contributed by atoms with Crippen molar-refractivity contribution in [1.29, 1.82) is 0 Å². The molecule has 0 aliphatic heterocycles. The summed E-state index contributed by atoms with van der Waals surface area (Å²) in [5.74, 6) is 1.36. The topological polar surface area (TPSA) is 32.3 Å². The molecule has 1 unspecified atom stereocenters. The first kappa shape index (κ1) is 12.9. The summed E-state index contributed by atoms with van der Waals surface area (Å²) in [5.41, 5.74) is 0. The van der Waals surface area contributed by atoms with Crippen molar-refractivity contribution in [3.63, 3.8) is 0 Å². The Labute approximate surface area is 82.7 Å². The molecule has 0 rings (SSSR count). The van der Waals surface area contributed by atoms with Crippen LogP contribution < -0.4 is 5.32 Å². The molecule has 2 N–H and O–H groups in total. The Morgan fingerprint density at radius 3 is 2.00 bits per heavy atom. The number of nitrogens with one attached hydrogen (secondary N) is 1. The SMILES string of the molecule is CC(C)CCC(O)CNCC(C)C. The maximum Gasteiger partial charge on any atom is 0.0664 e. The molecule has 0 amide bonds. The molecule has 1 atom stereocenters. The van der Waals surface area contributed by atoms with Crippen LogP contribution in [0.15, 0.2) is 0 Å². The average molecular weight is 187 g/mol. The van der Waals surface area contributed by atoms with E-state index in [0.29, 0.717) is 11.8 Å². The molecule has 0 aromatic rings. The fourth-order valence-electron chi connectivity index (χ4n) is 1.17. The smallest absolute Gasteiger partial charge is 0.0664 e. The highest BCUT2D eigenvalue weighted by Gasteiger charge is 2.04. The second kappa shape index (κ2) is 7.34. The third-order valence-electron chi connectivity index (χ3n) is 2.01. The molecule has 0 aliphatic carbocycles. The average Bonchev–Trinajstić information content (AvgIpc) is 2.00. The van der Waals surface area contributed by atoms with Gasteiger partial charge in [0.2, 0.25) is 0 Å². The lowest BCUT2D eigenvalue weighted by atomic mass is 10.0. The fourth-order valence-corrected chi connectivity index (χ4v) is 1.17. The van der Waals surface area contributed by atoms with Gasteiger partial charge in [0.15, 0.2) is 0 Å². The Bertz CT molecular complexity index is 113. The number of hydrogen-bond donors (Lipinski definition) is 2. The summed E-state index contributed by atoms with van der Waals surface area (Å²) in [7, 11) is 0. The number of aliphatic hydroxyl groups is 1. The summed E-state index contributed by atoms with van der Waals surface area (Å²) in [6.07, 6.45) is 1.87. The zero-order chi connectivity index (χ0) is 10.3. The van der Waals surface area contributed by atoms with Gasteiger partial charge in [-0.05, 0) is 31.2 Å². The van der Waals surface area contributed by atoms with Gasteiger partial charge in [-0.2, -0.15) is 0 Å². The molecule has 0 saturated heterocycles. The minimum Gasteiger partial charge on any atom is -0.392 e. The van der Waals surface area contributed by atoms with Crippen LogP contribution >= 0.6 is 0 Å². The van der Waals surface area contributed by atoms with Gasteiger partial charge in [-0.3, -0.25) is 0 Å². The second-order valence-corrected chi connectivity index (χ2v) is 4.68. The molecule has 2 heteroatoms. The Morgan fingerprint density at radius 2 is 1.54 bits per heavy atom. The lowest BCUT2D eigenvalue weighted by molar-refractivity contribution is 0.153. The lowest BCUT2D eigenvalue weighted by Gasteiger charge is -2.14. The maximum absolute atomic E-state index is 9.55. The van der Waals surface area contributed by atoms with Crippen molar-refractivity contribution in [3.05, 3.63) is 0 Å². The molecule has 0 fully saturated rings. The van der Waals surface area contributed by atoms with Gasteiger partial charge in [0, 0.05) is 6.54 Å². The van der Waals surface area contributed by atoms with Crippen molar-refractivity contribution in [2.24, 2.45) is 11.8 Å². The van der Waals surface area contributed by atoms with Gasteiger partial charge in [-0.1, -0.05) is 27.7 Å². The summed E-state index contributed by atoms with van der Waals surface area (Å²) in [4.78, 5) is 0. The van der Waals surface area contributed by atoms with E-state index in [9.17, 15) is 5.11 Å². The van der Waals surface area contributed by atoms with E-state index in [2.05, 4.69) is 33.0 Å². The summed E-state index contributed by atoms with van der Waals surface area (Å²) in [5, 5.41) is 12.8. The maximum atomic E-state index is 9.55. The van der Waals surface area contributed by atoms with E-state index in [1.807, 2.05) is 0 Å². The molecule has 0 aliphatic rings. The summed E-state index contributed by atoms with van der Waals surface area (Å²) in [6, 6.07) is 0. The van der Waals surface area contributed by atoms with Crippen LogP contribution in [0.1, 0.15) is 40.5 Å². The largest absolute Gasteiger partial charge is 0.392 e. The third-order valence-corrected chi connectivity index (χ3v) is 2.01. The standard InChI is InChI=1S/C11H25NO/c1-9(2)5-6-11(13)8-12-7-10(3)4/h9-13H,5-8H2,1-4H3. The van der Waals surface area contributed by atoms with Crippen molar-refractivity contribution >= 4 is 0 Å². The lowest BCUT2D eigenvalue weighted by Crippen LogP contribution is -2.29. The Kier molecular flexibility index (Phi) is 7.29. The quantitative estimate of drug-likeness (QED) is 0.639. The molecule has 13 heavy (non-hydrogen) atoms. The van der Waals surface area contributed by atoms with Crippen LogP contribution in [0.25, 0.3) is 0 Å². The molecule has 80 valence electrons. The van der Waals surface area contributed by atoms with Crippen LogP contribution in [0.3, 0.4) is 0 Å². The van der Waals surface area contributed by atoms with Gasteiger partial charge in [0.25, 0.3) is 0 Å². The summed E-state index contributed by atoms with van der Waals surface area (Å²) >= 11 is 0. The van der Waals surface area contributed by atoms with E-state index in [0.717, 1.165) is 25.9 Å². The predicted octanol–water partition coefficient (Wildman–Crippen LogP) is 2.03. The molecule has 0 spiro atoms. The van der Waals surface area contributed by atoms with Crippen LogP contribution in [0.2, 0.25) is 0 Å². The van der Waals surface area contributed by atoms with E-state index in [1.54, 1.807) is 0 Å². The van der Waals surface area contributed by atoms with E-state index in [-0.39, 0.29) is 6.10 Å². The molecule has 0 heterocycles. The van der Waals surface area contributed by atoms with Gasteiger partial charge < -0.3 is 10.4 Å². The second-order valence-electron chi connectivity index (χ2n) is 4.68. The van der Waals surface area contributed by atoms with Crippen molar-refractivity contribution in [1.82, 2.24) is 5.32 Å². The van der Waals surface area contributed by atoms with Gasteiger partial charge >= 0.3 is 0 Å². The van der Waals surface area contributed by atoms with E-state index >= 15 is 0 Å². The van der Waals surface area contributed by atoms with E-state index in [4.69, 9.17) is 0 Å². The Balaban J connectivity index is 3.25. The van der Waals surface area contributed by atoms with Crippen LogP contribution in [-0.4, -0.2) is 24.3 Å². The monoisotopic (exact) mass is 187 g/mol. The summed E-state index contributed by atoms with van der Waals surface area (Å²) < 4.78 is 0. The Hall–Kier alpha value is -0.0800. The van der Waals surface area contributed by atoms with Gasteiger partial charge in [0.1, 0.15) is 0 Å². The highest BCUT2D eigenvalue weighted by molar-refractivity contribution is 4.61. The van der Waals surface area contributed by atoms with Gasteiger partial charge in [-0.15, -0.1) is 0 Å². The zero-order valence-electron chi connectivity index (χ0n) is 9.51. The van der Waals surface area contributed by atoms with Crippen LogP contribution in [0.4, 0.5) is 0 Å². The normalized spacial score (nSPS) is 14.1. The van der Waals surface area contributed by atoms with Gasteiger partial charge in [0.05, 0.1) is 6.10 Å². The van der Waals surface area contributed by atoms with Crippen molar-refractivity contribution in [2.45, 2.75) is 46.6 Å². The highest BCUT2D eigenvalue weighted by Crippen LogP contribution is 2.05. The summed E-state index contributed by atoms with van der Waals surface area (Å²) in [6.45, 7) is 10.5. The van der Waals surface area contributed by atoms with Gasteiger partial charge in [-0.25, -0.2) is 0 Å². The van der Waals surface area contributed by atoms with Crippen LogP contribution in [0, 0.1) is 11.8 Å². The first-order valence-electron chi connectivity index (χ1n) is 5.41. The highest BCUT2D eigenvalue weighted by atomic mass is 16.3.